The van der Waals surface area contributed by atoms with Crippen molar-refractivity contribution in [3.8, 4) is 5.75 Å². The monoisotopic (exact) mass is 538 g/mol. The highest BCUT2D eigenvalue weighted by Crippen LogP contribution is 2.63. The number of carbonyl (C=O) groups is 1. The highest BCUT2D eigenvalue weighted by molar-refractivity contribution is 7.15. The lowest BCUT2D eigenvalue weighted by molar-refractivity contribution is -0.116. The molecule has 2 saturated carbocycles. The summed E-state index contributed by atoms with van der Waals surface area (Å²) in [6, 6.07) is 6.73. The van der Waals surface area contributed by atoms with Gasteiger partial charge in [-0.3, -0.25) is 4.79 Å². The lowest BCUT2D eigenvalue weighted by Crippen LogP contribution is -2.45. The first-order chi connectivity index (χ1) is 18.4. The Labute approximate surface area is 230 Å². The maximum atomic E-state index is 12.5. The van der Waals surface area contributed by atoms with Crippen molar-refractivity contribution in [1.82, 2.24) is 4.98 Å². The molecular weight excluding hydrogens is 496 g/mol. The molecule has 1 amide bonds. The van der Waals surface area contributed by atoms with Crippen LogP contribution in [0.4, 0.5) is 5.13 Å². The first-order valence-corrected chi connectivity index (χ1v) is 15.5. The Kier molecular flexibility index (Phi) is 7.53. The molecule has 1 aliphatic heterocycles. The number of anilines is 1. The van der Waals surface area contributed by atoms with Gasteiger partial charge in [-0.05, 0) is 117 Å². The number of hydrogen-bond donors (Lipinski definition) is 2. The van der Waals surface area contributed by atoms with E-state index in [0.717, 1.165) is 68.6 Å². The van der Waals surface area contributed by atoms with E-state index in [1.165, 1.54) is 35.3 Å². The molecule has 6 nitrogen and oxygen atoms in total. The molecule has 4 unspecified atom stereocenters. The summed E-state index contributed by atoms with van der Waals surface area (Å²) in [5.74, 6) is 3.14. The standard InChI is InChI=1S/C31H42N2O4S/c1-19-18-32-30(38-19)33-27(35)7-5-6-21-17-26(34)31(2)14-13-24-23-12-10-22(37-28-8-3-4-15-36-28)16-20(23)9-11-25(24)29(21)31/h10,12,16,18,21,24-26,28-29,34H,3-9,11,13-15,17H2,1-2H3,(H,32,33,35)/t21-,24?,25?,26+,28?,29?,31-/m1/s1. The van der Waals surface area contributed by atoms with Gasteiger partial charge in [0.1, 0.15) is 5.75 Å². The van der Waals surface area contributed by atoms with Gasteiger partial charge in [0, 0.05) is 23.9 Å². The molecule has 206 valence electrons. The number of carbonyl (C=O) groups excluding carboxylic acids is 1. The molecule has 4 aliphatic rings. The molecule has 2 heterocycles. The number of hydrogen-bond acceptors (Lipinski definition) is 6. The molecular formula is C31H42N2O4S. The first kappa shape index (κ1) is 26.3. The van der Waals surface area contributed by atoms with Gasteiger partial charge in [-0.1, -0.05) is 13.0 Å². The van der Waals surface area contributed by atoms with E-state index in [9.17, 15) is 9.90 Å². The van der Waals surface area contributed by atoms with Crippen molar-refractivity contribution < 1.29 is 19.4 Å². The van der Waals surface area contributed by atoms with Crippen LogP contribution < -0.4 is 10.1 Å². The number of fused-ring (bicyclic) bond motifs is 5. The van der Waals surface area contributed by atoms with E-state index < -0.39 is 0 Å². The highest BCUT2D eigenvalue weighted by Gasteiger charge is 2.58. The highest BCUT2D eigenvalue weighted by atomic mass is 32.1. The molecule has 3 aliphatic carbocycles. The SMILES string of the molecule is Cc1cnc(NC(=O)CCC[C@@H]2C[C@H](O)[C@@]3(C)CCC4c5ccc(OC6CCCCO6)cc5CCC4C23)s1. The minimum Gasteiger partial charge on any atom is -0.465 e. The molecule has 0 spiro atoms. The topological polar surface area (TPSA) is 80.7 Å². The van der Waals surface area contributed by atoms with Gasteiger partial charge in [0.15, 0.2) is 11.4 Å². The molecule has 2 N–H and O–H groups in total. The van der Waals surface area contributed by atoms with Crippen LogP contribution in [0.2, 0.25) is 0 Å². The summed E-state index contributed by atoms with van der Waals surface area (Å²) < 4.78 is 12.0. The van der Waals surface area contributed by atoms with Gasteiger partial charge in [-0.25, -0.2) is 4.98 Å². The minimum atomic E-state index is -0.238. The molecule has 1 saturated heterocycles. The molecule has 0 radical (unpaired) electrons. The summed E-state index contributed by atoms with van der Waals surface area (Å²) in [5.41, 5.74) is 2.93. The van der Waals surface area contributed by atoms with Crippen LogP contribution in [-0.4, -0.2) is 35.0 Å². The van der Waals surface area contributed by atoms with Crippen LogP contribution in [-0.2, 0) is 16.0 Å². The number of nitrogens with one attached hydrogen (secondary N) is 1. The Morgan fingerprint density at radius 1 is 1.29 bits per heavy atom. The van der Waals surface area contributed by atoms with Crippen molar-refractivity contribution in [1.29, 1.82) is 0 Å². The summed E-state index contributed by atoms with van der Waals surface area (Å²) in [6.45, 7) is 5.13. The van der Waals surface area contributed by atoms with E-state index in [1.807, 2.05) is 6.92 Å². The first-order valence-electron chi connectivity index (χ1n) is 14.7. The maximum absolute atomic E-state index is 12.5. The molecule has 7 heteroatoms. The van der Waals surface area contributed by atoms with Crippen LogP contribution in [0.1, 0.15) is 93.1 Å². The summed E-state index contributed by atoms with van der Waals surface area (Å²) in [6.07, 6.45) is 12.4. The van der Waals surface area contributed by atoms with Crippen LogP contribution in [0.3, 0.4) is 0 Å². The maximum Gasteiger partial charge on any atom is 0.226 e. The van der Waals surface area contributed by atoms with E-state index in [2.05, 4.69) is 35.4 Å². The van der Waals surface area contributed by atoms with E-state index >= 15 is 0 Å². The zero-order chi connectivity index (χ0) is 26.3. The van der Waals surface area contributed by atoms with Gasteiger partial charge in [0.2, 0.25) is 5.91 Å². The molecule has 7 atom stereocenters. The predicted molar refractivity (Wildman–Crippen MR) is 149 cm³/mol. The van der Waals surface area contributed by atoms with Crippen LogP contribution >= 0.6 is 11.3 Å². The number of thiazole rings is 1. The van der Waals surface area contributed by atoms with Crippen molar-refractivity contribution in [2.24, 2.45) is 23.2 Å². The number of aryl methyl sites for hydroxylation is 2. The quantitative estimate of drug-likeness (QED) is 0.415. The molecule has 6 rings (SSSR count). The summed E-state index contributed by atoms with van der Waals surface area (Å²) >= 11 is 1.52. The average molecular weight is 539 g/mol. The van der Waals surface area contributed by atoms with E-state index in [-0.39, 0.29) is 23.7 Å². The molecule has 0 bridgehead atoms. The Balaban J connectivity index is 1.12. The third-order valence-corrected chi connectivity index (χ3v) is 10.9. The van der Waals surface area contributed by atoms with Crippen molar-refractivity contribution in [3.63, 3.8) is 0 Å². The fraction of sp³-hybridized carbons (Fsp3) is 0.677. The fourth-order valence-electron chi connectivity index (χ4n) is 8.26. The number of ether oxygens (including phenoxy) is 2. The smallest absolute Gasteiger partial charge is 0.226 e. The second-order valence-electron chi connectivity index (χ2n) is 12.4. The van der Waals surface area contributed by atoms with E-state index in [1.54, 1.807) is 6.20 Å². The zero-order valence-electron chi connectivity index (χ0n) is 22.8. The second-order valence-corrected chi connectivity index (χ2v) is 13.6. The average Bonchev–Trinajstić information content (AvgIpc) is 3.43. The number of benzene rings is 1. The van der Waals surface area contributed by atoms with Crippen molar-refractivity contribution in [2.75, 3.05) is 11.9 Å². The van der Waals surface area contributed by atoms with Gasteiger partial charge in [0.25, 0.3) is 0 Å². The van der Waals surface area contributed by atoms with Gasteiger partial charge >= 0.3 is 0 Å². The number of aromatic nitrogens is 1. The Morgan fingerprint density at radius 3 is 2.97 bits per heavy atom. The van der Waals surface area contributed by atoms with Crippen LogP contribution in [0.25, 0.3) is 0 Å². The van der Waals surface area contributed by atoms with Gasteiger partial charge < -0.3 is 19.9 Å². The number of nitrogens with zero attached hydrogens (tertiary/aromatic N) is 1. The third-order valence-electron chi connectivity index (χ3n) is 10.0. The predicted octanol–water partition coefficient (Wildman–Crippen LogP) is 6.61. The van der Waals surface area contributed by atoms with Gasteiger partial charge in [0.05, 0.1) is 12.7 Å². The molecule has 1 aromatic heterocycles. The van der Waals surface area contributed by atoms with Crippen molar-refractivity contribution in [2.45, 2.75) is 103 Å². The Hall–Kier alpha value is -1.96. The summed E-state index contributed by atoms with van der Waals surface area (Å²) in [5, 5.41) is 14.9. The lowest BCUT2D eigenvalue weighted by Gasteiger charge is -2.51. The van der Waals surface area contributed by atoms with Crippen LogP contribution in [0.5, 0.6) is 5.75 Å². The normalized spacial score (nSPS) is 34.2. The third kappa shape index (κ3) is 5.14. The van der Waals surface area contributed by atoms with Crippen molar-refractivity contribution in [3.05, 3.63) is 40.4 Å². The van der Waals surface area contributed by atoms with Crippen LogP contribution in [0, 0.1) is 30.1 Å². The Bertz CT molecular complexity index is 1140. The van der Waals surface area contributed by atoms with Gasteiger partial charge in [-0.2, -0.15) is 0 Å². The van der Waals surface area contributed by atoms with E-state index in [0.29, 0.717) is 35.2 Å². The number of amides is 1. The van der Waals surface area contributed by atoms with Gasteiger partial charge in [-0.15, -0.1) is 11.3 Å². The molecule has 3 fully saturated rings. The Morgan fingerprint density at radius 2 is 2.18 bits per heavy atom. The molecule has 2 aromatic rings. The molecule has 1 aromatic carbocycles. The van der Waals surface area contributed by atoms with Crippen LogP contribution in [0.15, 0.2) is 24.4 Å². The number of rotatable bonds is 7. The lowest BCUT2D eigenvalue weighted by atomic mass is 9.53. The minimum absolute atomic E-state index is 0.00855. The van der Waals surface area contributed by atoms with E-state index in [4.69, 9.17) is 9.47 Å². The number of aliphatic hydroxyl groups is 1. The molecule has 38 heavy (non-hydrogen) atoms. The largest absolute Gasteiger partial charge is 0.465 e. The second kappa shape index (κ2) is 10.9. The van der Waals surface area contributed by atoms with Crippen molar-refractivity contribution >= 4 is 22.4 Å². The zero-order valence-corrected chi connectivity index (χ0v) is 23.6. The summed E-state index contributed by atoms with van der Waals surface area (Å²) in [4.78, 5) is 17.9. The fourth-order valence-corrected chi connectivity index (χ4v) is 8.94. The number of aliphatic hydroxyl groups excluding tert-OH is 1. The summed E-state index contributed by atoms with van der Waals surface area (Å²) in [7, 11) is 0.